The summed E-state index contributed by atoms with van der Waals surface area (Å²) in [5, 5.41) is 11.9. The highest BCUT2D eigenvalue weighted by Gasteiger charge is 2.30. The van der Waals surface area contributed by atoms with Crippen LogP contribution in [0.3, 0.4) is 0 Å². The number of alkyl halides is 3. The number of azo groups is 1. The molecule has 0 saturated heterocycles. The van der Waals surface area contributed by atoms with Gasteiger partial charge in [-0.2, -0.15) is 23.4 Å². The highest BCUT2D eigenvalue weighted by molar-refractivity contribution is 5.56. The van der Waals surface area contributed by atoms with E-state index < -0.39 is 11.7 Å². The molecule has 0 bridgehead atoms. The summed E-state index contributed by atoms with van der Waals surface area (Å²) < 4.78 is 41.6. The van der Waals surface area contributed by atoms with Crippen molar-refractivity contribution in [3.63, 3.8) is 0 Å². The number of hydrogen-bond donors (Lipinski definition) is 1. The number of benzene rings is 1. The fourth-order valence-electron chi connectivity index (χ4n) is 2.36. The fraction of sp³-hybridized carbons (Fsp3) is 0.176. The van der Waals surface area contributed by atoms with Crippen LogP contribution in [0.4, 0.5) is 30.4 Å². The van der Waals surface area contributed by atoms with Crippen molar-refractivity contribution < 1.29 is 17.7 Å². The van der Waals surface area contributed by atoms with Gasteiger partial charge in [-0.15, -0.1) is 5.11 Å². The third kappa shape index (κ3) is 4.05. The number of hydrogen-bond acceptors (Lipinski definition) is 4. The summed E-state index contributed by atoms with van der Waals surface area (Å²) in [5.74, 6) is 0.284. The quantitative estimate of drug-likeness (QED) is 0.567. The van der Waals surface area contributed by atoms with Gasteiger partial charge in [0.05, 0.1) is 24.0 Å². The van der Waals surface area contributed by atoms with Gasteiger partial charge in [-0.3, -0.25) is 0 Å². The molecular formula is C17H16F3N6+. The number of halogens is 3. The Kier molecular flexibility index (Phi) is 4.70. The van der Waals surface area contributed by atoms with Crippen LogP contribution >= 0.6 is 0 Å². The smallest absolute Gasteiger partial charge is 0.382 e. The van der Waals surface area contributed by atoms with E-state index in [0.717, 1.165) is 17.7 Å². The lowest BCUT2D eigenvalue weighted by atomic mass is 10.2. The van der Waals surface area contributed by atoms with E-state index in [9.17, 15) is 13.2 Å². The van der Waals surface area contributed by atoms with Crippen LogP contribution in [0.25, 0.3) is 0 Å². The first-order valence-corrected chi connectivity index (χ1v) is 7.67. The molecule has 2 N–H and O–H groups in total. The predicted molar refractivity (Wildman–Crippen MR) is 89.0 cm³/mol. The third-order valence-corrected chi connectivity index (χ3v) is 3.64. The van der Waals surface area contributed by atoms with Crippen molar-refractivity contribution in [3.05, 3.63) is 66.1 Å². The Morgan fingerprint density at radius 1 is 1.19 bits per heavy atom. The lowest BCUT2D eigenvalue weighted by Gasteiger charge is -2.06. The Hall–Kier alpha value is -3.23. The van der Waals surface area contributed by atoms with Crippen molar-refractivity contribution in [1.82, 2.24) is 9.78 Å². The minimum Gasteiger partial charge on any atom is -0.382 e. The van der Waals surface area contributed by atoms with Crippen molar-refractivity contribution in [3.8, 4) is 0 Å². The van der Waals surface area contributed by atoms with Crippen LogP contribution < -0.4 is 10.3 Å². The maximum absolute atomic E-state index is 12.7. The van der Waals surface area contributed by atoms with E-state index in [-0.39, 0.29) is 11.5 Å². The van der Waals surface area contributed by atoms with Crippen molar-refractivity contribution >= 4 is 17.2 Å². The summed E-state index contributed by atoms with van der Waals surface area (Å²) in [5.41, 5.74) is 6.60. The molecule has 0 unspecified atom stereocenters. The van der Waals surface area contributed by atoms with Crippen molar-refractivity contribution in [2.24, 2.45) is 17.3 Å². The number of pyridine rings is 1. The van der Waals surface area contributed by atoms with Gasteiger partial charge in [0.15, 0.2) is 12.4 Å². The Morgan fingerprint density at radius 3 is 2.73 bits per heavy atom. The topological polar surface area (TPSA) is 72.4 Å². The lowest BCUT2D eigenvalue weighted by Crippen LogP contribution is -2.27. The number of nitrogen functional groups attached to an aromatic ring is 1. The Labute approximate surface area is 147 Å². The van der Waals surface area contributed by atoms with Gasteiger partial charge in [-0.05, 0) is 24.3 Å². The van der Waals surface area contributed by atoms with Gasteiger partial charge >= 0.3 is 6.18 Å². The summed E-state index contributed by atoms with van der Waals surface area (Å²) >= 11 is 0. The minimum absolute atomic E-state index is 0.0852. The second-order valence-corrected chi connectivity index (χ2v) is 5.70. The molecule has 0 fully saturated rings. The molecule has 26 heavy (non-hydrogen) atoms. The molecule has 0 amide bonds. The van der Waals surface area contributed by atoms with E-state index in [1.807, 2.05) is 36.1 Å². The van der Waals surface area contributed by atoms with Crippen LogP contribution in [0.15, 0.2) is 65.2 Å². The first-order chi connectivity index (χ1) is 12.3. The zero-order chi connectivity index (χ0) is 18.7. The van der Waals surface area contributed by atoms with Crippen molar-refractivity contribution in [1.29, 1.82) is 0 Å². The van der Waals surface area contributed by atoms with Gasteiger partial charge in [0, 0.05) is 11.6 Å². The maximum atomic E-state index is 12.7. The van der Waals surface area contributed by atoms with Crippen molar-refractivity contribution in [2.75, 3.05) is 5.73 Å². The maximum Gasteiger partial charge on any atom is 0.416 e. The third-order valence-electron chi connectivity index (χ3n) is 3.64. The molecule has 2 heterocycles. The summed E-state index contributed by atoms with van der Waals surface area (Å²) in [4.78, 5) is 0. The largest absolute Gasteiger partial charge is 0.416 e. The van der Waals surface area contributed by atoms with Crippen LogP contribution in [0.2, 0.25) is 0 Å². The SMILES string of the molecule is C[n+]1cccc(Cn2ncc(N=Nc3cccc(C(F)(F)F)c3)c2N)c1. The predicted octanol–water partition coefficient (Wildman–Crippen LogP) is 3.77. The van der Waals surface area contributed by atoms with Gasteiger partial charge in [0.1, 0.15) is 18.6 Å². The molecule has 2 aromatic heterocycles. The van der Waals surface area contributed by atoms with Crippen LogP contribution in [0, 0.1) is 0 Å². The zero-order valence-electron chi connectivity index (χ0n) is 13.9. The van der Waals surface area contributed by atoms with E-state index in [2.05, 4.69) is 15.3 Å². The zero-order valence-corrected chi connectivity index (χ0v) is 13.9. The van der Waals surface area contributed by atoms with Gasteiger partial charge < -0.3 is 5.73 Å². The average Bonchev–Trinajstić information content (AvgIpc) is 2.93. The van der Waals surface area contributed by atoms with Gasteiger partial charge in [-0.25, -0.2) is 9.25 Å². The Morgan fingerprint density at radius 2 is 2.00 bits per heavy atom. The molecular weight excluding hydrogens is 345 g/mol. The first kappa shape index (κ1) is 17.6. The van der Waals surface area contributed by atoms with E-state index in [1.165, 1.54) is 18.3 Å². The summed E-state index contributed by atoms with van der Waals surface area (Å²) in [6.07, 6.45) is 0.840. The minimum atomic E-state index is -4.43. The molecule has 9 heteroatoms. The number of aryl methyl sites for hydroxylation is 1. The molecule has 6 nitrogen and oxygen atoms in total. The van der Waals surface area contributed by atoms with Crippen LogP contribution in [0.1, 0.15) is 11.1 Å². The van der Waals surface area contributed by atoms with E-state index in [1.54, 1.807) is 4.68 Å². The summed E-state index contributed by atoms with van der Waals surface area (Å²) in [7, 11) is 1.91. The molecule has 0 radical (unpaired) electrons. The standard InChI is InChI=1S/C17H16F3N6/c1-25-7-3-4-12(10-25)11-26-16(21)15(9-22-26)24-23-14-6-2-5-13(8-14)17(18,19)20/h2-10H,11,21H2,1H3/q+1. The van der Waals surface area contributed by atoms with Gasteiger partial charge in [0.2, 0.25) is 0 Å². The number of nitrogens with zero attached hydrogens (tertiary/aromatic N) is 5. The molecule has 0 aliphatic carbocycles. The number of aromatic nitrogens is 3. The Bertz CT molecular complexity index is 946. The molecule has 134 valence electrons. The second kappa shape index (κ2) is 6.95. The number of nitrogens with two attached hydrogens (primary N) is 1. The van der Waals surface area contributed by atoms with Crippen LogP contribution in [0.5, 0.6) is 0 Å². The molecule has 3 rings (SSSR count). The van der Waals surface area contributed by atoms with E-state index >= 15 is 0 Å². The molecule has 0 saturated carbocycles. The number of anilines is 1. The lowest BCUT2D eigenvalue weighted by molar-refractivity contribution is -0.671. The van der Waals surface area contributed by atoms with E-state index in [4.69, 9.17) is 5.73 Å². The molecule has 1 aromatic carbocycles. The highest BCUT2D eigenvalue weighted by Crippen LogP contribution is 2.32. The van der Waals surface area contributed by atoms with E-state index in [0.29, 0.717) is 12.2 Å². The first-order valence-electron chi connectivity index (χ1n) is 7.67. The molecule has 0 aliphatic heterocycles. The fourth-order valence-corrected chi connectivity index (χ4v) is 2.36. The molecule has 3 aromatic rings. The summed E-state index contributed by atoms with van der Waals surface area (Å²) in [6, 6.07) is 8.45. The van der Waals surface area contributed by atoms with Crippen LogP contribution in [-0.4, -0.2) is 9.78 Å². The second-order valence-electron chi connectivity index (χ2n) is 5.70. The van der Waals surface area contributed by atoms with Crippen molar-refractivity contribution in [2.45, 2.75) is 12.7 Å². The molecule has 0 spiro atoms. The summed E-state index contributed by atoms with van der Waals surface area (Å²) in [6.45, 7) is 0.444. The van der Waals surface area contributed by atoms with Gasteiger partial charge in [-0.1, -0.05) is 6.07 Å². The average molecular weight is 361 g/mol. The highest BCUT2D eigenvalue weighted by atomic mass is 19.4. The molecule has 0 atom stereocenters. The van der Waals surface area contributed by atoms with Crippen LogP contribution in [-0.2, 0) is 19.8 Å². The Balaban J connectivity index is 1.79. The number of rotatable bonds is 4. The van der Waals surface area contributed by atoms with Gasteiger partial charge in [0.25, 0.3) is 0 Å². The normalized spacial score (nSPS) is 12.0. The molecule has 0 aliphatic rings. The monoisotopic (exact) mass is 361 g/mol.